The predicted molar refractivity (Wildman–Crippen MR) is 113 cm³/mol. The zero-order valence-electron chi connectivity index (χ0n) is 16.2. The highest BCUT2D eigenvalue weighted by molar-refractivity contribution is 5.71. The van der Waals surface area contributed by atoms with E-state index in [0.29, 0.717) is 5.41 Å². The third-order valence-electron chi connectivity index (χ3n) is 6.85. The van der Waals surface area contributed by atoms with Gasteiger partial charge in [-0.2, -0.15) is 0 Å². The van der Waals surface area contributed by atoms with Gasteiger partial charge in [-0.3, -0.25) is 4.98 Å². The Kier molecular flexibility index (Phi) is 4.11. The largest absolute Gasteiger partial charge is 0.256 e. The summed E-state index contributed by atoms with van der Waals surface area (Å²) in [6, 6.07) is 19.8. The topological polar surface area (TPSA) is 12.9 Å². The molecule has 1 saturated carbocycles. The Hall–Kier alpha value is -2.41. The van der Waals surface area contributed by atoms with E-state index in [-0.39, 0.29) is 0 Å². The maximum absolute atomic E-state index is 4.76. The zero-order chi connectivity index (χ0) is 18.3. The standard InChI is InChI=1S/C26H27N/c1-19-15-25(20-7-3-2-4-8-20)27-18-24(19)22-9-10-23-17-26(12-5-6-13-26)14-11-21(23)16-22/h2-4,7-10,15-16,18H,5-6,11-14,17H2,1H3. The zero-order valence-corrected chi connectivity index (χ0v) is 16.2. The number of hydrogen-bond acceptors (Lipinski definition) is 1. The van der Waals surface area contributed by atoms with Gasteiger partial charge < -0.3 is 0 Å². The van der Waals surface area contributed by atoms with Crippen LogP contribution < -0.4 is 0 Å². The summed E-state index contributed by atoms with van der Waals surface area (Å²) in [5.74, 6) is 0. The normalized spacial score (nSPS) is 17.8. The number of aromatic nitrogens is 1. The first-order chi connectivity index (χ1) is 13.2. The molecule has 0 bridgehead atoms. The van der Waals surface area contributed by atoms with Gasteiger partial charge in [-0.05, 0) is 72.8 Å². The maximum atomic E-state index is 4.76. The lowest BCUT2D eigenvalue weighted by Crippen LogP contribution is -2.25. The Morgan fingerprint density at radius 1 is 0.815 bits per heavy atom. The van der Waals surface area contributed by atoms with Gasteiger partial charge in [0.15, 0.2) is 0 Å². The molecular weight excluding hydrogens is 326 g/mol. The number of benzene rings is 2. The van der Waals surface area contributed by atoms with Crippen molar-refractivity contribution in [2.45, 2.75) is 51.9 Å². The number of hydrogen-bond donors (Lipinski definition) is 0. The average molecular weight is 354 g/mol. The van der Waals surface area contributed by atoms with E-state index in [4.69, 9.17) is 4.98 Å². The molecule has 5 rings (SSSR count). The molecule has 2 aliphatic carbocycles. The van der Waals surface area contributed by atoms with Gasteiger partial charge in [0.1, 0.15) is 0 Å². The molecule has 136 valence electrons. The van der Waals surface area contributed by atoms with Gasteiger partial charge >= 0.3 is 0 Å². The van der Waals surface area contributed by atoms with Crippen molar-refractivity contribution in [2.24, 2.45) is 5.41 Å². The lowest BCUT2D eigenvalue weighted by molar-refractivity contribution is 0.255. The summed E-state index contributed by atoms with van der Waals surface area (Å²) in [7, 11) is 0. The first-order valence-corrected chi connectivity index (χ1v) is 10.4. The van der Waals surface area contributed by atoms with Crippen LogP contribution in [0.25, 0.3) is 22.4 Å². The fourth-order valence-corrected chi connectivity index (χ4v) is 5.27. The quantitative estimate of drug-likeness (QED) is 0.495. The molecule has 1 heterocycles. The number of nitrogens with zero attached hydrogens (tertiary/aromatic N) is 1. The second-order valence-corrected chi connectivity index (χ2v) is 8.62. The van der Waals surface area contributed by atoms with Crippen molar-refractivity contribution in [3.63, 3.8) is 0 Å². The maximum Gasteiger partial charge on any atom is 0.0705 e. The van der Waals surface area contributed by atoms with E-state index in [2.05, 4.69) is 61.7 Å². The first kappa shape index (κ1) is 16.7. The molecule has 0 amide bonds. The van der Waals surface area contributed by atoms with Crippen LogP contribution in [-0.2, 0) is 12.8 Å². The van der Waals surface area contributed by atoms with E-state index in [1.165, 1.54) is 67.2 Å². The summed E-state index contributed by atoms with van der Waals surface area (Å²) >= 11 is 0. The molecule has 0 N–H and O–H groups in total. The van der Waals surface area contributed by atoms with Crippen LogP contribution in [0.15, 0.2) is 60.8 Å². The van der Waals surface area contributed by atoms with Crippen molar-refractivity contribution < 1.29 is 0 Å². The third-order valence-corrected chi connectivity index (χ3v) is 6.85. The summed E-state index contributed by atoms with van der Waals surface area (Å²) in [6.07, 6.45) is 11.7. The van der Waals surface area contributed by atoms with E-state index in [1.54, 1.807) is 11.1 Å². The lowest BCUT2D eigenvalue weighted by Gasteiger charge is -2.35. The van der Waals surface area contributed by atoms with E-state index in [9.17, 15) is 0 Å². The van der Waals surface area contributed by atoms with Crippen LogP contribution in [0.4, 0.5) is 0 Å². The van der Waals surface area contributed by atoms with Crippen molar-refractivity contribution in [1.29, 1.82) is 0 Å². The molecule has 2 aromatic carbocycles. The highest BCUT2D eigenvalue weighted by Gasteiger charge is 2.36. The number of pyridine rings is 1. The second-order valence-electron chi connectivity index (χ2n) is 8.62. The van der Waals surface area contributed by atoms with Gasteiger partial charge in [-0.15, -0.1) is 0 Å². The van der Waals surface area contributed by atoms with Gasteiger partial charge in [0.25, 0.3) is 0 Å². The van der Waals surface area contributed by atoms with Gasteiger partial charge in [-0.25, -0.2) is 0 Å². The molecule has 0 unspecified atom stereocenters. The predicted octanol–water partition coefficient (Wildman–Crippen LogP) is 6.77. The van der Waals surface area contributed by atoms with Crippen molar-refractivity contribution in [3.05, 3.63) is 77.5 Å². The molecule has 27 heavy (non-hydrogen) atoms. The fraction of sp³-hybridized carbons (Fsp3) is 0.346. The van der Waals surface area contributed by atoms with Gasteiger partial charge in [-0.1, -0.05) is 61.4 Å². The molecule has 1 heteroatoms. The molecular formula is C26H27N. The molecule has 1 aromatic heterocycles. The molecule has 2 aliphatic rings. The van der Waals surface area contributed by atoms with Crippen LogP contribution >= 0.6 is 0 Å². The average Bonchev–Trinajstić information content (AvgIpc) is 3.16. The molecule has 0 aliphatic heterocycles. The van der Waals surface area contributed by atoms with Gasteiger partial charge in [0.05, 0.1) is 5.69 Å². The Morgan fingerprint density at radius 3 is 2.41 bits per heavy atom. The van der Waals surface area contributed by atoms with Gasteiger partial charge in [0.2, 0.25) is 0 Å². The SMILES string of the molecule is Cc1cc(-c2ccccc2)ncc1-c1ccc2c(c1)CCC1(CCCC1)C2. The summed E-state index contributed by atoms with van der Waals surface area (Å²) in [6.45, 7) is 2.20. The fourth-order valence-electron chi connectivity index (χ4n) is 5.27. The van der Waals surface area contributed by atoms with Crippen LogP contribution in [-0.4, -0.2) is 4.98 Å². The molecule has 0 radical (unpaired) electrons. The van der Waals surface area contributed by atoms with E-state index in [0.717, 1.165) is 5.69 Å². The third kappa shape index (κ3) is 3.10. The first-order valence-electron chi connectivity index (χ1n) is 10.4. The minimum atomic E-state index is 0.628. The van der Waals surface area contributed by atoms with Crippen molar-refractivity contribution in [3.8, 4) is 22.4 Å². The summed E-state index contributed by atoms with van der Waals surface area (Å²) in [5.41, 5.74) is 9.90. The molecule has 1 nitrogen and oxygen atoms in total. The highest BCUT2D eigenvalue weighted by atomic mass is 14.7. The Morgan fingerprint density at radius 2 is 1.63 bits per heavy atom. The summed E-state index contributed by atoms with van der Waals surface area (Å²) in [4.78, 5) is 4.76. The highest BCUT2D eigenvalue weighted by Crippen LogP contribution is 2.48. The van der Waals surface area contributed by atoms with Crippen molar-refractivity contribution in [1.82, 2.24) is 4.98 Å². The van der Waals surface area contributed by atoms with Crippen LogP contribution in [0.2, 0.25) is 0 Å². The molecule has 0 atom stereocenters. The minimum absolute atomic E-state index is 0.628. The van der Waals surface area contributed by atoms with E-state index >= 15 is 0 Å². The number of fused-ring (bicyclic) bond motifs is 1. The van der Waals surface area contributed by atoms with E-state index in [1.807, 2.05) is 6.07 Å². The second kappa shape index (κ2) is 6.64. The van der Waals surface area contributed by atoms with Crippen molar-refractivity contribution in [2.75, 3.05) is 0 Å². The Bertz CT molecular complexity index is 965. The summed E-state index contributed by atoms with van der Waals surface area (Å²) in [5, 5.41) is 0. The molecule has 3 aromatic rings. The Labute approximate surface area is 162 Å². The summed E-state index contributed by atoms with van der Waals surface area (Å²) < 4.78 is 0. The minimum Gasteiger partial charge on any atom is -0.256 e. The number of rotatable bonds is 2. The van der Waals surface area contributed by atoms with Gasteiger partial charge in [0, 0.05) is 17.3 Å². The van der Waals surface area contributed by atoms with E-state index < -0.39 is 0 Å². The van der Waals surface area contributed by atoms with Crippen LogP contribution in [0, 0.1) is 12.3 Å². The monoisotopic (exact) mass is 353 g/mol. The molecule has 0 saturated heterocycles. The van der Waals surface area contributed by atoms with Crippen LogP contribution in [0.1, 0.15) is 48.8 Å². The van der Waals surface area contributed by atoms with Crippen molar-refractivity contribution >= 4 is 0 Å². The molecule has 1 fully saturated rings. The smallest absolute Gasteiger partial charge is 0.0705 e. The van der Waals surface area contributed by atoms with Crippen LogP contribution in [0.5, 0.6) is 0 Å². The van der Waals surface area contributed by atoms with Crippen LogP contribution in [0.3, 0.4) is 0 Å². The number of aryl methyl sites for hydroxylation is 2. The lowest BCUT2D eigenvalue weighted by atomic mass is 9.70. The Balaban J connectivity index is 1.46. The molecule has 1 spiro atoms.